The number of H-pyrrole nitrogens is 1. The second-order valence-electron chi connectivity index (χ2n) is 9.13. The van der Waals surface area contributed by atoms with Gasteiger partial charge in [0.05, 0.1) is 5.52 Å². The van der Waals surface area contributed by atoms with Gasteiger partial charge >= 0.3 is 0 Å². The fraction of sp³-hybridized carbons (Fsp3) is 0.333. The molecule has 3 saturated heterocycles. The Hall–Kier alpha value is -3.52. The quantitative estimate of drug-likeness (QED) is 0.451. The Morgan fingerprint density at radius 3 is 2.62 bits per heavy atom. The van der Waals surface area contributed by atoms with Crippen LogP contribution in [0.5, 0.6) is 0 Å². The average molecular weight is 425 g/mol. The molecule has 32 heavy (non-hydrogen) atoms. The molecule has 0 spiro atoms. The molecule has 3 aliphatic heterocycles. The molecule has 2 atom stereocenters. The van der Waals surface area contributed by atoms with E-state index < -0.39 is 0 Å². The molecule has 1 aliphatic carbocycles. The molecule has 0 amide bonds. The minimum absolute atomic E-state index is 0.607. The predicted molar refractivity (Wildman–Crippen MR) is 124 cm³/mol. The lowest BCUT2D eigenvalue weighted by Crippen LogP contribution is -2.67. The normalized spacial score (nSPS) is 22.1. The number of hydrogen-bond donors (Lipinski definition) is 3. The van der Waals surface area contributed by atoms with E-state index in [1.807, 2.05) is 30.5 Å². The standard InChI is InChI=1S/C24H24N8/c1-2-4-19-18(3-1)24(28-21-10-20(30-31-21)14-5-6-14)29-23(27-19)15-7-8-22(25-11-15)32-12-16-9-17(13-32)26-16/h1-4,7-8,10-11,14,16-17,26H,5-6,9,12-13H2,(H2,27,28,29,30,31). The van der Waals surface area contributed by atoms with Crippen molar-refractivity contribution in [3.63, 3.8) is 0 Å². The summed E-state index contributed by atoms with van der Waals surface area (Å²) in [5, 5.41) is 15.5. The Balaban J connectivity index is 1.21. The molecule has 6 heterocycles. The summed E-state index contributed by atoms with van der Waals surface area (Å²) >= 11 is 0. The van der Waals surface area contributed by atoms with Gasteiger partial charge < -0.3 is 15.5 Å². The molecule has 3 aromatic heterocycles. The number of piperidine rings is 1. The summed E-state index contributed by atoms with van der Waals surface area (Å²) in [5.41, 5.74) is 2.99. The first-order valence-corrected chi connectivity index (χ1v) is 11.3. The molecule has 3 N–H and O–H groups in total. The molecule has 8 rings (SSSR count). The van der Waals surface area contributed by atoms with Crippen molar-refractivity contribution in [1.29, 1.82) is 0 Å². The third kappa shape index (κ3) is 3.18. The van der Waals surface area contributed by atoms with E-state index in [-0.39, 0.29) is 0 Å². The van der Waals surface area contributed by atoms with Crippen LogP contribution in [0.3, 0.4) is 0 Å². The number of aromatic nitrogens is 5. The van der Waals surface area contributed by atoms with Crippen LogP contribution in [0.1, 0.15) is 30.9 Å². The van der Waals surface area contributed by atoms with E-state index in [4.69, 9.17) is 15.0 Å². The number of pyridine rings is 1. The van der Waals surface area contributed by atoms with Crippen molar-refractivity contribution < 1.29 is 0 Å². The smallest absolute Gasteiger partial charge is 0.163 e. The first-order valence-electron chi connectivity index (χ1n) is 11.3. The first kappa shape index (κ1) is 18.1. The van der Waals surface area contributed by atoms with E-state index in [1.165, 1.54) is 25.0 Å². The maximum absolute atomic E-state index is 4.86. The monoisotopic (exact) mass is 424 g/mol. The highest BCUT2D eigenvalue weighted by Gasteiger charge is 2.36. The van der Waals surface area contributed by atoms with Crippen LogP contribution in [0.25, 0.3) is 22.3 Å². The van der Waals surface area contributed by atoms with Gasteiger partial charge in [-0.2, -0.15) is 5.10 Å². The molecular formula is C24H24N8. The van der Waals surface area contributed by atoms with Crippen molar-refractivity contribution in [2.24, 2.45) is 0 Å². The molecule has 2 unspecified atom stereocenters. The summed E-state index contributed by atoms with van der Waals surface area (Å²) in [7, 11) is 0. The lowest BCUT2D eigenvalue weighted by molar-refractivity contribution is 0.225. The number of hydrogen-bond acceptors (Lipinski definition) is 7. The molecular weight excluding hydrogens is 400 g/mol. The molecule has 4 aliphatic rings. The Bertz CT molecular complexity index is 1280. The topological polar surface area (TPSA) is 94.7 Å². The van der Waals surface area contributed by atoms with Crippen LogP contribution in [-0.2, 0) is 0 Å². The summed E-state index contributed by atoms with van der Waals surface area (Å²) in [6.07, 6.45) is 5.64. The zero-order chi connectivity index (χ0) is 21.1. The maximum Gasteiger partial charge on any atom is 0.163 e. The van der Waals surface area contributed by atoms with Crippen LogP contribution in [-0.4, -0.2) is 50.3 Å². The van der Waals surface area contributed by atoms with Gasteiger partial charge in [-0.05, 0) is 43.5 Å². The number of nitrogens with one attached hydrogen (secondary N) is 3. The number of anilines is 3. The molecule has 8 heteroatoms. The van der Waals surface area contributed by atoms with Gasteiger partial charge in [-0.15, -0.1) is 0 Å². The molecule has 0 radical (unpaired) electrons. The lowest BCUT2D eigenvalue weighted by atomic mass is 9.91. The van der Waals surface area contributed by atoms with E-state index in [2.05, 4.69) is 43.9 Å². The van der Waals surface area contributed by atoms with E-state index in [1.54, 1.807) is 0 Å². The second-order valence-corrected chi connectivity index (χ2v) is 9.13. The van der Waals surface area contributed by atoms with Crippen molar-refractivity contribution in [2.75, 3.05) is 23.3 Å². The van der Waals surface area contributed by atoms with Crippen LogP contribution in [0.15, 0.2) is 48.7 Å². The maximum atomic E-state index is 4.86. The highest BCUT2D eigenvalue weighted by Crippen LogP contribution is 2.40. The SMILES string of the molecule is c1ccc2c(Nc3cc(C4CC4)[nH]n3)nc(-c3ccc(N4CC5CC(C4)N5)nc3)nc2c1. The number of benzene rings is 1. The summed E-state index contributed by atoms with van der Waals surface area (Å²) in [5.74, 6) is 3.85. The highest BCUT2D eigenvalue weighted by atomic mass is 15.3. The Morgan fingerprint density at radius 2 is 1.84 bits per heavy atom. The minimum atomic E-state index is 0.607. The van der Waals surface area contributed by atoms with Crippen molar-refractivity contribution in [2.45, 2.75) is 37.3 Å². The molecule has 4 fully saturated rings. The summed E-state index contributed by atoms with van der Waals surface area (Å²) < 4.78 is 0. The van der Waals surface area contributed by atoms with Crippen molar-refractivity contribution in [3.05, 3.63) is 54.4 Å². The molecule has 8 nitrogen and oxygen atoms in total. The number of rotatable bonds is 5. The average Bonchev–Trinajstić information content (AvgIpc) is 3.57. The van der Waals surface area contributed by atoms with E-state index in [0.717, 1.165) is 47.0 Å². The number of nitrogens with zero attached hydrogens (tertiary/aromatic N) is 5. The van der Waals surface area contributed by atoms with Gasteiger partial charge in [0, 0.05) is 60.0 Å². The van der Waals surface area contributed by atoms with E-state index in [0.29, 0.717) is 23.8 Å². The van der Waals surface area contributed by atoms with Gasteiger partial charge in [0.1, 0.15) is 11.6 Å². The van der Waals surface area contributed by atoms with Crippen LogP contribution >= 0.6 is 0 Å². The van der Waals surface area contributed by atoms with E-state index >= 15 is 0 Å². The fourth-order valence-electron chi connectivity index (χ4n) is 4.83. The second kappa shape index (κ2) is 7.00. The molecule has 1 saturated carbocycles. The minimum Gasteiger partial charge on any atom is -0.353 e. The zero-order valence-corrected chi connectivity index (χ0v) is 17.6. The van der Waals surface area contributed by atoms with Gasteiger partial charge in [-0.25, -0.2) is 15.0 Å². The number of piperazine rings is 1. The molecule has 4 aromatic rings. The van der Waals surface area contributed by atoms with Gasteiger partial charge in [0.2, 0.25) is 0 Å². The largest absolute Gasteiger partial charge is 0.353 e. The summed E-state index contributed by atoms with van der Waals surface area (Å²) in [6.45, 7) is 2.05. The number of para-hydroxylation sites is 1. The highest BCUT2D eigenvalue weighted by molar-refractivity contribution is 5.92. The first-order chi connectivity index (χ1) is 15.8. The summed E-state index contributed by atoms with van der Waals surface area (Å²) in [6, 6.07) is 15.5. The third-order valence-corrected chi connectivity index (χ3v) is 6.72. The van der Waals surface area contributed by atoms with Crippen LogP contribution < -0.4 is 15.5 Å². The molecule has 1 aromatic carbocycles. The van der Waals surface area contributed by atoms with Gasteiger partial charge in [-0.1, -0.05) is 12.1 Å². The summed E-state index contributed by atoms with van der Waals surface area (Å²) in [4.78, 5) is 16.8. The zero-order valence-electron chi connectivity index (χ0n) is 17.6. The Morgan fingerprint density at radius 1 is 1.00 bits per heavy atom. The molecule has 2 bridgehead atoms. The Kier molecular flexibility index (Phi) is 3.96. The van der Waals surface area contributed by atoms with Crippen molar-refractivity contribution >= 4 is 28.4 Å². The van der Waals surface area contributed by atoms with Crippen LogP contribution in [0, 0.1) is 0 Å². The fourth-order valence-corrected chi connectivity index (χ4v) is 4.83. The van der Waals surface area contributed by atoms with Gasteiger partial charge in [-0.3, -0.25) is 5.10 Å². The van der Waals surface area contributed by atoms with Crippen LogP contribution in [0.4, 0.5) is 17.5 Å². The van der Waals surface area contributed by atoms with Crippen molar-refractivity contribution in [1.82, 2.24) is 30.5 Å². The van der Waals surface area contributed by atoms with Gasteiger partial charge in [0.25, 0.3) is 0 Å². The third-order valence-electron chi connectivity index (χ3n) is 6.72. The predicted octanol–water partition coefficient (Wildman–Crippen LogP) is 3.59. The van der Waals surface area contributed by atoms with E-state index in [9.17, 15) is 0 Å². The molecule has 160 valence electrons. The lowest BCUT2D eigenvalue weighted by Gasteiger charge is -2.48. The van der Waals surface area contributed by atoms with Crippen molar-refractivity contribution in [3.8, 4) is 11.4 Å². The van der Waals surface area contributed by atoms with Crippen LogP contribution in [0.2, 0.25) is 0 Å². The number of aromatic amines is 1. The van der Waals surface area contributed by atoms with Gasteiger partial charge in [0.15, 0.2) is 11.6 Å². The Labute approximate surface area is 185 Å². The number of fused-ring (bicyclic) bond motifs is 3.